The number of halogens is 3. The van der Waals surface area contributed by atoms with Gasteiger partial charge in [-0.25, -0.2) is 8.78 Å². The predicted octanol–water partition coefficient (Wildman–Crippen LogP) is 5.36. The van der Waals surface area contributed by atoms with E-state index in [2.05, 4.69) is 10.3 Å². The van der Waals surface area contributed by atoms with E-state index in [1.807, 2.05) is 48.5 Å². The second kappa shape index (κ2) is 11.3. The number of carbonyl (C=O) groups excluding carboxylic acids is 2. The molecule has 206 valence electrons. The first kappa shape index (κ1) is 27.7. The van der Waals surface area contributed by atoms with E-state index in [-0.39, 0.29) is 5.56 Å². The molecule has 2 amide bonds. The summed E-state index contributed by atoms with van der Waals surface area (Å²) < 4.78 is 29.1. The molecule has 2 aliphatic rings. The van der Waals surface area contributed by atoms with Crippen molar-refractivity contribution in [2.45, 2.75) is 37.3 Å². The van der Waals surface area contributed by atoms with E-state index in [0.29, 0.717) is 23.7 Å². The van der Waals surface area contributed by atoms with Crippen LogP contribution in [0.15, 0.2) is 54.9 Å². The molecule has 2 aromatic carbocycles. The number of hydrogen-bond acceptors (Lipinski definition) is 5. The molecular formula is C30H28ClF2N5O2. The van der Waals surface area contributed by atoms with Crippen LogP contribution in [-0.4, -0.2) is 64.4 Å². The highest BCUT2D eigenvalue weighted by Crippen LogP contribution is 2.42. The number of rotatable bonds is 6. The summed E-state index contributed by atoms with van der Waals surface area (Å²) in [6.07, 6.45) is 8.36. The van der Waals surface area contributed by atoms with Crippen molar-refractivity contribution in [3.63, 3.8) is 0 Å². The van der Waals surface area contributed by atoms with Crippen molar-refractivity contribution in [2.75, 3.05) is 26.2 Å². The Hall–Kier alpha value is -3.87. The van der Waals surface area contributed by atoms with Gasteiger partial charge in [0.1, 0.15) is 6.07 Å². The van der Waals surface area contributed by atoms with E-state index >= 15 is 0 Å². The monoisotopic (exact) mass is 563 g/mol. The van der Waals surface area contributed by atoms with Crippen molar-refractivity contribution < 1.29 is 18.4 Å². The average Bonchev–Trinajstić information content (AvgIpc) is 3.27. The average molecular weight is 564 g/mol. The topological polar surface area (TPSA) is 89.3 Å². The number of nitriles is 1. The van der Waals surface area contributed by atoms with Gasteiger partial charge >= 0.3 is 0 Å². The summed E-state index contributed by atoms with van der Waals surface area (Å²) >= 11 is 6.07. The summed E-state index contributed by atoms with van der Waals surface area (Å²) in [6, 6.07) is 15.1. The Bertz CT molecular complexity index is 1520. The number of amides is 2. The van der Waals surface area contributed by atoms with E-state index < -0.39 is 42.9 Å². The second-order valence-corrected chi connectivity index (χ2v) is 10.7. The van der Waals surface area contributed by atoms with E-state index in [1.165, 1.54) is 18.5 Å². The van der Waals surface area contributed by atoms with Gasteiger partial charge < -0.3 is 10.2 Å². The zero-order valence-corrected chi connectivity index (χ0v) is 22.5. The number of alkyl halides is 2. The lowest BCUT2D eigenvalue weighted by Crippen LogP contribution is -2.60. The SMILES string of the molecule is N#C[C@]1(N2CCCCC2)CC(F)(F)CN1C(=O)CNC(=O)c1ccncc1/C=C/c1ccc2cc(Cl)ccc2c1. The van der Waals surface area contributed by atoms with Gasteiger partial charge in [-0.15, -0.1) is 0 Å². The molecule has 40 heavy (non-hydrogen) atoms. The molecule has 3 heterocycles. The third-order valence-corrected chi connectivity index (χ3v) is 7.71. The number of fused-ring (bicyclic) bond motifs is 1. The molecule has 2 aliphatic heterocycles. The van der Waals surface area contributed by atoms with Crippen molar-refractivity contribution in [3.05, 3.63) is 76.6 Å². The number of likely N-dealkylation sites (tertiary alicyclic amines) is 2. The van der Waals surface area contributed by atoms with Gasteiger partial charge in [0, 0.05) is 41.6 Å². The molecule has 5 rings (SSSR count). The van der Waals surface area contributed by atoms with E-state index in [9.17, 15) is 23.6 Å². The van der Waals surface area contributed by atoms with Crippen molar-refractivity contribution >= 4 is 46.3 Å². The number of benzene rings is 2. The number of aromatic nitrogens is 1. The Morgan fingerprint density at radius 3 is 2.60 bits per heavy atom. The second-order valence-electron chi connectivity index (χ2n) is 10.2. The molecule has 3 aromatic rings. The molecule has 2 saturated heterocycles. The minimum absolute atomic E-state index is 0.279. The van der Waals surface area contributed by atoms with Crippen LogP contribution in [-0.2, 0) is 4.79 Å². The molecular weight excluding hydrogens is 536 g/mol. The minimum Gasteiger partial charge on any atom is -0.343 e. The fraction of sp³-hybridized carbons (Fsp3) is 0.333. The first-order chi connectivity index (χ1) is 19.2. The van der Waals surface area contributed by atoms with Gasteiger partial charge in [-0.1, -0.05) is 48.4 Å². The summed E-state index contributed by atoms with van der Waals surface area (Å²) in [6.45, 7) is -0.424. The Labute approximate surface area is 236 Å². The van der Waals surface area contributed by atoms with Crippen LogP contribution in [0.25, 0.3) is 22.9 Å². The quantitative estimate of drug-likeness (QED) is 0.436. The Balaban J connectivity index is 1.30. The molecule has 10 heteroatoms. The highest BCUT2D eigenvalue weighted by molar-refractivity contribution is 6.31. The third kappa shape index (κ3) is 5.69. The predicted molar refractivity (Wildman–Crippen MR) is 150 cm³/mol. The normalized spacial score (nSPS) is 21.0. The van der Waals surface area contributed by atoms with Crippen molar-refractivity contribution in [3.8, 4) is 6.07 Å². The van der Waals surface area contributed by atoms with Crippen LogP contribution < -0.4 is 5.32 Å². The fourth-order valence-electron chi connectivity index (χ4n) is 5.50. The van der Waals surface area contributed by atoms with Gasteiger partial charge in [0.25, 0.3) is 11.8 Å². The summed E-state index contributed by atoms with van der Waals surface area (Å²) in [4.78, 5) is 33.0. The van der Waals surface area contributed by atoms with Gasteiger partial charge in [-0.3, -0.25) is 19.5 Å². The first-order valence-electron chi connectivity index (χ1n) is 13.1. The molecule has 0 radical (unpaired) electrons. The third-order valence-electron chi connectivity index (χ3n) is 7.48. The lowest BCUT2D eigenvalue weighted by molar-refractivity contribution is -0.139. The highest BCUT2D eigenvalue weighted by atomic mass is 35.5. The van der Waals surface area contributed by atoms with Crippen LogP contribution in [0.4, 0.5) is 8.78 Å². The van der Waals surface area contributed by atoms with Crippen molar-refractivity contribution in [2.24, 2.45) is 0 Å². The number of hydrogen-bond donors (Lipinski definition) is 1. The maximum Gasteiger partial charge on any atom is 0.270 e. The highest BCUT2D eigenvalue weighted by Gasteiger charge is 2.60. The molecule has 1 atom stereocenters. The maximum atomic E-state index is 14.6. The molecule has 7 nitrogen and oxygen atoms in total. The zero-order chi connectivity index (χ0) is 28.3. The van der Waals surface area contributed by atoms with Gasteiger partial charge in [-0.05, 0) is 53.4 Å². The lowest BCUT2D eigenvalue weighted by atomic mass is 10.0. The lowest BCUT2D eigenvalue weighted by Gasteiger charge is -2.43. The van der Waals surface area contributed by atoms with Crippen LogP contribution in [0.1, 0.15) is 47.2 Å². The fourth-order valence-corrected chi connectivity index (χ4v) is 5.68. The van der Waals surface area contributed by atoms with E-state index in [4.69, 9.17) is 11.6 Å². The Morgan fingerprint density at radius 1 is 1.07 bits per heavy atom. The smallest absolute Gasteiger partial charge is 0.270 e. The summed E-state index contributed by atoms with van der Waals surface area (Å²) in [7, 11) is 0. The van der Waals surface area contributed by atoms with Crippen LogP contribution >= 0.6 is 11.6 Å². The number of carbonyl (C=O) groups is 2. The molecule has 0 unspecified atom stereocenters. The number of nitrogens with one attached hydrogen (secondary N) is 1. The maximum absolute atomic E-state index is 14.6. The van der Waals surface area contributed by atoms with Gasteiger partial charge in [-0.2, -0.15) is 5.26 Å². The molecule has 0 spiro atoms. The Kier molecular flexibility index (Phi) is 7.83. The summed E-state index contributed by atoms with van der Waals surface area (Å²) in [5, 5.41) is 15.2. The van der Waals surface area contributed by atoms with Gasteiger partial charge in [0.2, 0.25) is 5.91 Å². The van der Waals surface area contributed by atoms with Crippen molar-refractivity contribution in [1.29, 1.82) is 5.26 Å². The molecule has 0 saturated carbocycles. The van der Waals surface area contributed by atoms with Gasteiger partial charge in [0.05, 0.1) is 19.5 Å². The number of pyridine rings is 1. The van der Waals surface area contributed by atoms with Crippen LogP contribution in [0.2, 0.25) is 5.02 Å². The summed E-state index contributed by atoms with van der Waals surface area (Å²) in [5.74, 6) is -4.46. The Morgan fingerprint density at radius 2 is 1.82 bits per heavy atom. The van der Waals surface area contributed by atoms with E-state index in [1.54, 1.807) is 11.0 Å². The van der Waals surface area contributed by atoms with Crippen LogP contribution in [0.3, 0.4) is 0 Å². The van der Waals surface area contributed by atoms with Crippen LogP contribution in [0.5, 0.6) is 0 Å². The molecule has 0 aliphatic carbocycles. The largest absolute Gasteiger partial charge is 0.343 e. The number of nitrogens with zero attached hydrogens (tertiary/aromatic N) is 4. The minimum atomic E-state index is -3.19. The zero-order valence-electron chi connectivity index (χ0n) is 21.7. The van der Waals surface area contributed by atoms with Gasteiger partial charge in [0.15, 0.2) is 5.66 Å². The molecule has 2 fully saturated rings. The van der Waals surface area contributed by atoms with E-state index in [0.717, 1.165) is 40.5 Å². The number of piperidine rings is 1. The molecule has 1 N–H and O–H groups in total. The first-order valence-corrected chi connectivity index (χ1v) is 13.5. The van der Waals surface area contributed by atoms with Crippen molar-refractivity contribution in [1.82, 2.24) is 20.1 Å². The van der Waals surface area contributed by atoms with Crippen LogP contribution in [0, 0.1) is 11.3 Å². The molecule has 1 aromatic heterocycles. The standard InChI is InChI=1S/C30H28ClF2N5O2/c31-25-9-8-22-14-21(4-6-23(22)15-25)5-7-24-16-35-11-10-26(24)28(40)36-17-27(39)38-20-29(32,33)18-30(38,19-34)37-12-2-1-3-13-37/h4-11,14-16H,1-3,12-13,17-18,20H2,(H,36,40)/b7-5+/t30-/m0/s1. The molecule has 0 bridgehead atoms. The summed E-state index contributed by atoms with van der Waals surface area (Å²) in [5.41, 5.74) is -0.0145.